The molecule has 0 atom stereocenters. The molecule has 3 rings (SSSR count). The number of halogens is 3. The molecule has 0 fully saturated rings. The van der Waals surface area contributed by atoms with E-state index in [4.69, 9.17) is 4.42 Å². The maximum atomic E-state index is 12.8. The molecule has 0 aliphatic carbocycles. The second-order valence-corrected chi connectivity index (χ2v) is 12.1. The van der Waals surface area contributed by atoms with E-state index >= 15 is 0 Å². The van der Waals surface area contributed by atoms with Crippen molar-refractivity contribution in [1.29, 1.82) is 0 Å². The van der Waals surface area contributed by atoms with Gasteiger partial charge >= 0.3 is 5.51 Å². The van der Waals surface area contributed by atoms with Gasteiger partial charge < -0.3 is 4.42 Å². The first-order chi connectivity index (χ1) is 13.8. The Hall–Kier alpha value is -2.12. The summed E-state index contributed by atoms with van der Waals surface area (Å²) in [6, 6.07) is 4.41. The zero-order valence-electron chi connectivity index (χ0n) is 15.9. The number of fused-ring (bicyclic) bond motifs is 1. The van der Waals surface area contributed by atoms with Gasteiger partial charge in [-0.3, -0.25) is 0 Å². The van der Waals surface area contributed by atoms with E-state index in [2.05, 4.69) is 14.3 Å². The minimum Gasteiger partial charge on any atom is -0.435 e. The van der Waals surface area contributed by atoms with E-state index in [1.54, 1.807) is 6.07 Å². The van der Waals surface area contributed by atoms with Crippen LogP contribution in [-0.4, -0.2) is 46.4 Å². The van der Waals surface area contributed by atoms with Gasteiger partial charge in [-0.1, -0.05) is 6.92 Å². The summed E-state index contributed by atoms with van der Waals surface area (Å²) in [6.45, 7) is 1.90. The van der Waals surface area contributed by atoms with Crippen molar-refractivity contribution in [2.45, 2.75) is 22.2 Å². The van der Waals surface area contributed by atoms with E-state index in [1.165, 1.54) is 30.5 Å². The third-order valence-electron chi connectivity index (χ3n) is 3.64. The highest BCUT2D eigenvalue weighted by Crippen LogP contribution is 2.36. The zero-order valence-corrected chi connectivity index (χ0v) is 18.4. The maximum absolute atomic E-state index is 12.8. The number of benzene rings is 1. The number of oxazole rings is 1. The van der Waals surface area contributed by atoms with Crippen LogP contribution < -0.4 is 0 Å². The fourth-order valence-corrected chi connectivity index (χ4v) is 4.65. The van der Waals surface area contributed by atoms with E-state index in [-0.39, 0.29) is 17.0 Å². The fraction of sp³-hybridized carbons (Fsp3) is 0.294. The highest BCUT2D eigenvalue weighted by atomic mass is 32.2. The van der Waals surface area contributed by atoms with Crippen LogP contribution in [0.15, 0.2) is 49.0 Å². The molecule has 0 N–H and O–H groups in total. The average Bonchev–Trinajstić information content (AvgIpc) is 3.02. The molecule has 0 saturated carbocycles. The zero-order chi connectivity index (χ0) is 22.3. The van der Waals surface area contributed by atoms with Gasteiger partial charge in [-0.25, -0.2) is 22.6 Å². The molecule has 1 aromatic carbocycles. The lowest BCUT2D eigenvalue weighted by molar-refractivity contribution is -0.0435. The molecule has 0 bridgehead atoms. The van der Waals surface area contributed by atoms with E-state index in [0.29, 0.717) is 22.0 Å². The molecule has 7 nitrogen and oxygen atoms in total. The van der Waals surface area contributed by atoms with E-state index in [9.17, 15) is 25.8 Å². The van der Waals surface area contributed by atoms with Crippen molar-refractivity contribution in [1.82, 2.24) is 9.97 Å². The van der Waals surface area contributed by atoms with Crippen LogP contribution in [0.5, 0.6) is 0 Å². The van der Waals surface area contributed by atoms with Crippen molar-refractivity contribution in [2.24, 2.45) is 4.36 Å². The number of hydrogen-bond acceptors (Lipinski definition) is 8. The maximum Gasteiger partial charge on any atom is 0.501 e. The van der Waals surface area contributed by atoms with Crippen molar-refractivity contribution in [3.8, 4) is 11.6 Å². The predicted octanol–water partition coefficient (Wildman–Crippen LogP) is 4.65. The molecule has 0 radical (unpaired) electrons. The first-order valence-corrected chi connectivity index (χ1v) is 13.1. The van der Waals surface area contributed by atoms with Gasteiger partial charge in [-0.05, 0) is 30.0 Å². The van der Waals surface area contributed by atoms with Crippen molar-refractivity contribution in [3.63, 3.8) is 0 Å². The second-order valence-electron chi connectivity index (χ2n) is 6.34. The summed E-state index contributed by atoms with van der Waals surface area (Å²) in [5.41, 5.74) is -4.64. The summed E-state index contributed by atoms with van der Waals surface area (Å²) in [5.74, 6) is 0.683. The number of aromatic nitrogens is 2. The first-order valence-electron chi connectivity index (χ1n) is 8.34. The lowest BCUT2D eigenvalue weighted by Gasteiger charge is -2.07. The molecule has 0 amide bonds. The second kappa shape index (κ2) is 7.85. The summed E-state index contributed by atoms with van der Waals surface area (Å²) in [6.07, 6.45) is 4.36. The van der Waals surface area contributed by atoms with Crippen LogP contribution in [0.25, 0.3) is 22.7 Å². The van der Waals surface area contributed by atoms with Gasteiger partial charge in [-0.15, -0.1) is 11.8 Å². The summed E-state index contributed by atoms with van der Waals surface area (Å²) in [7, 11) is -7.90. The van der Waals surface area contributed by atoms with Gasteiger partial charge in [0.25, 0.3) is 9.84 Å². The molecule has 162 valence electrons. The topological polar surface area (TPSA) is 102 Å². The standard InChI is InChI=1S/C17H16F3N3O4S3/c1-4-28-14-7-10(23-29(2,3)24)9-21-15(14)16-22-12-8-11(5-6-13(12)27-16)30(25,26)17(18,19)20/h5-9H,4H2,1-3H3. The Morgan fingerprint density at radius 2 is 1.87 bits per heavy atom. The first kappa shape index (κ1) is 22.6. The van der Waals surface area contributed by atoms with Crippen molar-refractivity contribution in [3.05, 3.63) is 30.5 Å². The smallest absolute Gasteiger partial charge is 0.435 e. The Morgan fingerprint density at radius 1 is 1.17 bits per heavy atom. The number of hydrogen-bond donors (Lipinski definition) is 0. The van der Waals surface area contributed by atoms with Gasteiger partial charge in [0.2, 0.25) is 5.89 Å². The molecule has 0 unspecified atom stereocenters. The van der Waals surface area contributed by atoms with Crippen molar-refractivity contribution in [2.75, 3.05) is 18.3 Å². The van der Waals surface area contributed by atoms with Gasteiger partial charge in [0.1, 0.15) is 11.2 Å². The lowest BCUT2D eigenvalue weighted by atomic mass is 10.3. The average molecular weight is 480 g/mol. The molecule has 30 heavy (non-hydrogen) atoms. The highest BCUT2D eigenvalue weighted by Gasteiger charge is 2.47. The molecule has 0 saturated heterocycles. The fourth-order valence-electron chi connectivity index (χ4n) is 2.47. The Balaban J connectivity index is 2.12. The van der Waals surface area contributed by atoms with Gasteiger partial charge in [-0.2, -0.15) is 17.5 Å². The lowest BCUT2D eigenvalue weighted by Crippen LogP contribution is -2.23. The summed E-state index contributed by atoms with van der Waals surface area (Å²) in [5, 5.41) is 0. The van der Waals surface area contributed by atoms with E-state index < -0.39 is 30.0 Å². The third-order valence-corrected chi connectivity index (χ3v) is 6.69. The molecular weight excluding hydrogens is 463 g/mol. The number of nitrogens with zero attached hydrogens (tertiary/aromatic N) is 3. The summed E-state index contributed by atoms with van der Waals surface area (Å²) in [4.78, 5) is 8.09. The van der Waals surface area contributed by atoms with Gasteiger partial charge in [0.15, 0.2) is 5.58 Å². The largest absolute Gasteiger partial charge is 0.501 e. The molecule has 0 aliphatic rings. The van der Waals surface area contributed by atoms with Crippen molar-refractivity contribution < 1.29 is 30.2 Å². The summed E-state index contributed by atoms with van der Waals surface area (Å²) >= 11 is 1.40. The molecule has 0 spiro atoms. The number of sulfone groups is 1. The van der Waals surface area contributed by atoms with Crippen molar-refractivity contribution >= 4 is 48.1 Å². The molecule has 2 aromatic heterocycles. The SMILES string of the molecule is CCSc1cc(N=S(C)(C)=O)cnc1-c1nc2cc(S(=O)(=O)C(F)(F)F)ccc2o1. The monoisotopic (exact) mass is 479 g/mol. The summed E-state index contributed by atoms with van der Waals surface area (Å²) < 4.78 is 83.3. The minimum absolute atomic E-state index is 0.0165. The quantitative estimate of drug-likeness (QED) is 0.491. The Kier molecular flexibility index (Phi) is 5.91. The predicted molar refractivity (Wildman–Crippen MR) is 109 cm³/mol. The van der Waals surface area contributed by atoms with Crippen LogP contribution >= 0.6 is 11.8 Å². The molecular formula is C17H16F3N3O4S3. The van der Waals surface area contributed by atoms with E-state index in [0.717, 1.165) is 18.2 Å². The normalized spacial score (nSPS) is 13.0. The van der Waals surface area contributed by atoms with Crippen LogP contribution in [-0.2, 0) is 19.6 Å². The Labute approximate surface area is 175 Å². The minimum atomic E-state index is -5.50. The molecule has 3 aromatic rings. The van der Waals surface area contributed by atoms with Gasteiger partial charge in [0, 0.05) is 27.1 Å². The van der Waals surface area contributed by atoms with Crippen LogP contribution in [0.4, 0.5) is 18.9 Å². The van der Waals surface area contributed by atoms with Crippen LogP contribution in [0.2, 0.25) is 0 Å². The van der Waals surface area contributed by atoms with Crippen LogP contribution in [0.1, 0.15) is 6.92 Å². The molecule has 2 heterocycles. The Bertz CT molecular complexity index is 1330. The highest BCUT2D eigenvalue weighted by molar-refractivity contribution is 7.99. The molecule has 13 heteroatoms. The number of rotatable bonds is 5. The van der Waals surface area contributed by atoms with Crippen LogP contribution in [0.3, 0.4) is 0 Å². The third kappa shape index (κ3) is 4.62. The van der Waals surface area contributed by atoms with Gasteiger partial charge in [0.05, 0.1) is 16.8 Å². The van der Waals surface area contributed by atoms with Crippen LogP contribution in [0, 0.1) is 0 Å². The number of thioether (sulfide) groups is 1. The molecule has 0 aliphatic heterocycles. The number of alkyl halides is 3. The number of pyridine rings is 1. The van der Waals surface area contributed by atoms with E-state index in [1.807, 2.05) is 6.92 Å². The Morgan fingerprint density at radius 3 is 2.47 bits per heavy atom.